The summed E-state index contributed by atoms with van der Waals surface area (Å²) < 4.78 is 12.4. The van der Waals surface area contributed by atoms with Crippen LogP contribution in [0.25, 0.3) is 0 Å². The van der Waals surface area contributed by atoms with Gasteiger partial charge in [0, 0.05) is 45.0 Å². The Bertz CT molecular complexity index is 684. The van der Waals surface area contributed by atoms with E-state index in [-0.39, 0.29) is 6.04 Å². The molecule has 8 heteroatoms. The van der Waals surface area contributed by atoms with E-state index >= 15 is 0 Å². The van der Waals surface area contributed by atoms with Gasteiger partial charge in [-0.15, -0.1) is 5.10 Å². The topological polar surface area (TPSA) is 68.5 Å². The molecule has 0 unspecified atom stereocenters. The fourth-order valence-corrected chi connectivity index (χ4v) is 3.49. The van der Waals surface area contributed by atoms with Crippen LogP contribution >= 0.6 is 0 Å². The van der Waals surface area contributed by atoms with Gasteiger partial charge in [0.15, 0.2) is 5.82 Å². The van der Waals surface area contributed by atoms with Crippen LogP contribution in [0.1, 0.15) is 25.2 Å². The Morgan fingerprint density at radius 1 is 1.15 bits per heavy atom. The number of methoxy groups -OCH3 is 2. The van der Waals surface area contributed by atoms with Crippen molar-refractivity contribution < 1.29 is 9.47 Å². The lowest BCUT2D eigenvalue weighted by molar-refractivity contribution is 0.157. The fourth-order valence-electron chi connectivity index (χ4n) is 3.49. The quantitative estimate of drug-likeness (QED) is 0.708. The van der Waals surface area contributed by atoms with Crippen LogP contribution in [0.2, 0.25) is 0 Å². The molecule has 26 heavy (non-hydrogen) atoms. The highest BCUT2D eigenvalue weighted by atomic mass is 16.5. The van der Waals surface area contributed by atoms with Crippen molar-refractivity contribution in [1.29, 1.82) is 0 Å². The van der Waals surface area contributed by atoms with Gasteiger partial charge in [-0.1, -0.05) is 13.0 Å². The standard InChI is InChI=1S/C18H28N6O2/c1-4-17(18-19-20-21-24(18)12-13-25-2)23-10-8-22(9-11-23)15-6-5-7-16(14-15)26-3/h5-7,14,17H,4,8-13H2,1-3H3/t17-/m0/s1. The van der Waals surface area contributed by atoms with Gasteiger partial charge in [0.1, 0.15) is 5.75 Å². The normalized spacial score (nSPS) is 16.7. The first-order valence-corrected chi connectivity index (χ1v) is 9.14. The summed E-state index contributed by atoms with van der Waals surface area (Å²) in [4.78, 5) is 4.88. The molecule has 1 aromatic carbocycles. The van der Waals surface area contributed by atoms with Crippen molar-refractivity contribution in [2.75, 3.05) is 51.9 Å². The number of hydrogen-bond acceptors (Lipinski definition) is 7. The van der Waals surface area contributed by atoms with Crippen LogP contribution in [-0.4, -0.2) is 72.1 Å². The Kier molecular flexibility index (Phi) is 6.40. The van der Waals surface area contributed by atoms with Gasteiger partial charge >= 0.3 is 0 Å². The zero-order valence-corrected chi connectivity index (χ0v) is 15.8. The molecule has 0 amide bonds. The van der Waals surface area contributed by atoms with Gasteiger partial charge < -0.3 is 14.4 Å². The molecule has 0 saturated carbocycles. The maximum atomic E-state index is 5.34. The van der Waals surface area contributed by atoms with Crippen molar-refractivity contribution in [3.05, 3.63) is 30.1 Å². The third-order valence-corrected chi connectivity index (χ3v) is 4.93. The summed E-state index contributed by atoms with van der Waals surface area (Å²) in [6, 6.07) is 8.49. The largest absolute Gasteiger partial charge is 0.497 e. The van der Waals surface area contributed by atoms with Gasteiger partial charge in [-0.2, -0.15) is 0 Å². The second-order valence-corrected chi connectivity index (χ2v) is 6.40. The number of piperazine rings is 1. The summed E-state index contributed by atoms with van der Waals surface area (Å²) in [7, 11) is 3.40. The van der Waals surface area contributed by atoms with Gasteiger partial charge in [-0.05, 0) is 29.0 Å². The van der Waals surface area contributed by atoms with Crippen molar-refractivity contribution in [3.63, 3.8) is 0 Å². The highest BCUT2D eigenvalue weighted by molar-refractivity contribution is 5.51. The summed E-state index contributed by atoms with van der Waals surface area (Å²) >= 11 is 0. The molecule has 2 aromatic rings. The number of nitrogens with zero attached hydrogens (tertiary/aromatic N) is 6. The minimum atomic E-state index is 0.231. The van der Waals surface area contributed by atoms with Crippen molar-refractivity contribution in [2.24, 2.45) is 0 Å². The first-order valence-electron chi connectivity index (χ1n) is 9.14. The van der Waals surface area contributed by atoms with Crippen LogP contribution in [0.4, 0.5) is 5.69 Å². The highest BCUT2D eigenvalue weighted by Crippen LogP contribution is 2.26. The summed E-state index contributed by atoms with van der Waals surface area (Å²) in [5, 5.41) is 12.3. The highest BCUT2D eigenvalue weighted by Gasteiger charge is 2.28. The zero-order chi connectivity index (χ0) is 18.4. The molecule has 1 fully saturated rings. The molecule has 0 radical (unpaired) electrons. The first-order chi connectivity index (χ1) is 12.8. The maximum Gasteiger partial charge on any atom is 0.168 e. The molecule has 0 N–H and O–H groups in total. The van der Waals surface area contributed by atoms with Crippen LogP contribution in [0.5, 0.6) is 5.75 Å². The maximum absolute atomic E-state index is 5.34. The lowest BCUT2D eigenvalue weighted by Gasteiger charge is -2.39. The van der Waals surface area contributed by atoms with Crippen LogP contribution in [0.15, 0.2) is 24.3 Å². The number of ether oxygens (including phenoxy) is 2. The fraction of sp³-hybridized carbons (Fsp3) is 0.611. The van der Waals surface area contributed by atoms with Crippen molar-refractivity contribution in [2.45, 2.75) is 25.9 Å². The molecule has 0 spiro atoms. The molecule has 0 bridgehead atoms. The average molecular weight is 360 g/mol. The third kappa shape index (κ3) is 4.13. The minimum Gasteiger partial charge on any atom is -0.497 e. The molecule has 1 aromatic heterocycles. The molecule has 1 saturated heterocycles. The second-order valence-electron chi connectivity index (χ2n) is 6.40. The van der Waals surface area contributed by atoms with E-state index in [1.165, 1.54) is 5.69 Å². The Hall–Kier alpha value is -2.19. The summed E-state index contributed by atoms with van der Waals surface area (Å²) in [5.41, 5.74) is 1.21. The second kappa shape index (κ2) is 8.95. The van der Waals surface area contributed by atoms with Gasteiger partial charge in [0.2, 0.25) is 0 Å². The molecule has 1 atom stereocenters. The summed E-state index contributed by atoms with van der Waals surface area (Å²) in [6.45, 7) is 7.39. The molecule has 3 rings (SSSR count). The van der Waals surface area contributed by atoms with E-state index in [0.29, 0.717) is 13.2 Å². The number of anilines is 1. The predicted molar refractivity (Wildman–Crippen MR) is 99.5 cm³/mol. The van der Waals surface area contributed by atoms with E-state index in [1.807, 2.05) is 16.8 Å². The third-order valence-electron chi connectivity index (χ3n) is 4.93. The minimum absolute atomic E-state index is 0.231. The molecular formula is C18H28N6O2. The van der Waals surface area contributed by atoms with E-state index in [2.05, 4.69) is 44.4 Å². The first kappa shape index (κ1) is 18.6. The van der Waals surface area contributed by atoms with Gasteiger partial charge in [0.25, 0.3) is 0 Å². The van der Waals surface area contributed by atoms with Gasteiger partial charge in [0.05, 0.1) is 26.3 Å². The molecule has 1 aliphatic heterocycles. The van der Waals surface area contributed by atoms with E-state index in [1.54, 1.807) is 14.2 Å². The average Bonchev–Trinajstić information content (AvgIpc) is 3.16. The van der Waals surface area contributed by atoms with Crippen LogP contribution in [-0.2, 0) is 11.3 Å². The smallest absolute Gasteiger partial charge is 0.168 e. The van der Waals surface area contributed by atoms with Gasteiger partial charge in [-0.25, -0.2) is 4.68 Å². The lowest BCUT2D eigenvalue weighted by atomic mass is 10.1. The van der Waals surface area contributed by atoms with E-state index in [9.17, 15) is 0 Å². The van der Waals surface area contributed by atoms with E-state index in [0.717, 1.165) is 44.2 Å². The van der Waals surface area contributed by atoms with E-state index < -0.39 is 0 Å². The monoisotopic (exact) mass is 360 g/mol. The Morgan fingerprint density at radius 3 is 2.65 bits per heavy atom. The molecule has 0 aliphatic carbocycles. The molecular weight excluding hydrogens is 332 g/mol. The zero-order valence-electron chi connectivity index (χ0n) is 15.8. The Morgan fingerprint density at radius 2 is 1.96 bits per heavy atom. The van der Waals surface area contributed by atoms with Gasteiger partial charge in [-0.3, -0.25) is 4.90 Å². The summed E-state index contributed by atoms with van der Waals surface area (Å²) in [6.07, 6.45) is 0.979. The lowest BCUT2D eigenvalue weighted by Crippen LogP contribution is -2.48. The Balaban J connectivity index is 1.65. The van der Waals surface area contributed by atoms with Crippen molar-refractivity contribution >= 4 is 5.69 Å². The number of hydrogen-bond donors (Lipinski definition) is 0. The molecule has 8 nitrogen and oxygen atoms in total. The predicted octanol–water partition coefficient (Wildman–Crippen LogP) is 1.60. The van der Waals surface area contributed by atoms with Crippen LogP contribution in [0.3, 0.4) is 0 Å². The Labute approximate surface area is 154 Å². The van der Waals surface area contributed by atoms with Crippen LogP contribution in [0, 0.1) is 0 Å². The van der Waals surface area contributed by atoms with Crippen LogP contribution < -0.4 is 9.64 Å². The number of aromatic nitrogens is 4. The summed E-state index contributed by atoms with van der Waals surface area (Å²) in [5.74, 6) is 1.83. The molecule has 1 aliphatic rings. The molecule has 2 heterocycles. The van der Waals surface area contributed by atoms with Crippen molar-refractivity contribution in [3.8, 4) is 5.75 Å². The SMILES string of the molecule is CC[C@@H](c1nnnn1CCOC)N1CCN(c2cccc(OC)c2)CC1. The molecule has 142 valence electrons. The van der Waals surface area contributed by atoms with E-state index in [4.69, 9.17) is 9.47 Å². The number of rotatable bonds is 8. The number of tetrazole rings is 1. The number of benzene rings is 1. The van der Waals surface area contributed by atoms with Crippen molar-refractivity contribution in [1.82, 2.24) is 25.1 Å².